The molecule has 2 amide bonds. The molecule has 0 bridgehead atoms. The highest BCUT2D eigenvalue weighted by Crippen LogP contribution is 2.30. The van der Waals surface area contributed by atoms with Crippen LogP contribution >= 0.6 is 15.9 Å². The van der Waals surface area contributed by atoms with E-state index in [2.05, 4.69) is 41.3 Å². The summed E-state index contributed by atoms with van der Waals surface area (Å²) in [5.41, 5.74) is 3.21. The molecule has 1 fully saturated rings. The van der Waals surface area contributed by atoms with Crippen LogP contribution in [0.5, 0.6) is 0 Å². The lowest BCUT2D eigenvalue weighted by molar-refractivity contribution is -0.137. The highest BCUT2D eigenvalue weighted by Gasteiger charge is 2.40. The van der Waals surface area contributed by atoms with Gasteiger partial charge in [0.15, 0.2) is 5.78 Å². The Kier molecular flexibility index (Phi) is 7.21. The highest BCUT2D eigenvalue weighted by atomic mass is 79.9. The van der Waals surface area contributed by atoms with Crippen molar-refractivity contribution >= 4 is 50.2 Å². The second-order valence-corrected chi connectivity index (χ2v) is 10.3. The normalized spacial score (nSPS) is 17.0. The van der Waals surface area contributed by atoms with E-state index >= 15 is 0 Å². The summed E-state index contributed by atoms with van der Waals surface area (Å²) in [5, 5.41) is 7.70. The maximum atomic E-state index is 14.5. The predicted molar refractivity (Wildman–Crippen MR) is 146 cm³/mol. The van der Waals surface area contributed by atoms with Gasteiger partial charge in [-0.25, -0.2) is 19.3 Å². The zero-order valence-electron chi connectivity index (χ0n) is 21.5. The molecule has 10 nitrogen and oxygen atoms in total. The monoisotopic (exact) mass is 593 g/mol. The van der Waals surface area contributed by atoms with E-state index in [1.807, 2.05) is 19.1 Å². The van der Waals surface area contributed by atoms with Gasteiger partial charge in [0.05, 0.1) is 12.1 Å². The van der Waals surface area contributed by atoms with Crippen LogP contribution in [0.1, 0.15) is 35.2 Å². The number of Topliss-reactive ketones (excluding diaryl/α,β-unsaturated/α-hetero) is 1. The van der Waals surface area contributed by atoms with E-state index in [4.69, 9.17) is 0 Å². The van der Waals surface area contributed by atoms with Gasteiger partial charge in [-0.3, -0.25) is 19.1 Å². The molecule has 0 unspecified atom stereocenters. The fraction of sp³-hybridized carbons (Fsp3) is 0.296. The van der Waals surface area contributed by atoms with Crippen LogP contribution in [0.15, 0.2) is 47.3 Å². The Labute approximate surface area is 231 Å². The Balaban J connectivity index is 1.44. The maximum absolute atomic E-state index is 14.5. The molecule has 1 saturated heterocycles. The number of ketones is 1. The number of nitrogens with one attached hydrogen (secondary N) is 1. The summed E-state index contributed by atoms with van der Waals surface area (Å²) in [6.45, 7) is 4.60. The molecular weight excluding hydrogens is 569 g/mol. The summed E-state index contributed by atoms with van der Waals surface area (Å²) in [6.07, 6.45) is 1.95. The summed E-state index contributed by atoms with van der Waals surface area (Å²) >= 11 is 3.25. The van der Waals surface area contributed by atoms with E-state index in [9.17, 15) is 18.8 Å². The van der Waals surface area contributed by atoms with Crippen LogP contribution in [0.3, 0.4) is 0 Å². The minimum Gasteiger partial charge on any atom is -0.326 e. The number of fused-ring (bicyclic) bond motifs is 1. The third kappa shape index (κ3) is 5.42. The first-order chi connectivity index (χ1) is 18.6. The van der Waals surface area contributed by atoms with Crippen molar-refractivity contribution in [2.45, 2.75) is 46.0 Å². The second-order valence-electron chi connectivity index (χ2n) is 9.50. The Hall–Kier alpha value is -4.06. The summed E-state index contributed by atoms with van der Waals surface area (Å²) in [5.74, 6) is -0.327. The van der Waals surface area contributed by atoms with Gasteiger partial charge in [-0.2, -0.15) is 5.10 Å². The van der Waals surface area contributed by atoms with Crippen LogP contribution in [0.4, 0.5) is 10.2 Å². The van der Waals surface area contributed by atoms with Crippen molar-refractivity contribution in [3.63, 3.8) is 0 Å². The number of nitrogens with zero attached hydrogens (tertiary/aromatic N) is 6. The summed E-state index contributed by atoms with van der Waals surface area (Å²) in [7, 11) is 0. The minimum absolute atomic E-state index is 0.120. The lowest BCUT2D eigenvalue weighted by Crippen LogP contribution is -2.44. The van der Waals surface area contributed by atoms with Crippen molar-refractivity contribution in [2.24, 2.45) is 0 Å². The van der Waals surface area contributed by atoms with Crippen molar-refractivity contribution in [1.29, 1.82) is 0 Å². The van der Waals surface area contributed by atoms with Gasteiger partial charge in [-0.1, -0.05) is 6.07 Å². The number of carbonyl (C=O) groups excluding carboxylic acids is 3. The number of carbonyl (C=O) groups is 3. The number of hydrogen-bond acceptors (Lipinski definition) is 7. The van der Waals surface area contributed by atoms with Gasteiger partial charge in [-0.05, 0) is 65.2 Å². The van der Waals surface area contributed by atoms with Gasteiger partial charge in [0.1, 0.15) is 40.7 Å². The molecule has 3 aromatic heterocycles. The van der Waals surface area contributed by atoms with E-state index in [-0.39, 0.29) is 31.0 Å². The molecule has 0 saturated carbocycles. The Morgan fingerprint density at radius 1 is 1.13 bits per heavy atom. The number of benzene rings is 1. The topological polar surface area (TPSA) is 123 Å². The third-order valence-corrected chi connectivity index (χ3v) is 7.05. The molecule has 2 atom stereocenters. The molecule has 1 aliphatic heterocycles. The zero-order chi connectivity index (χ0) is 27.8. The zero-order valence-corrected chi connectivity index (χ0v) is 23.1. The van der Waals surface area contributed by atoms with Crippen molar-refractivity contribution in [3.05, 3.63) is 64.4 Å². The lowest BCUT2D eigenvalue weighted by Gasteiger charge is -2.23. The lowest BCUT2D eigenvalue weighted by atomic mass is 10.0. The van der Waals surface area contributed by atoms with Crippen molar-refractivity contribution < 1.29 is 18.8 Å². The summed E-state index contributed by atoms with van der Waals surface area (Å²) in [4.78, 5) is 52.8. The molecular formula is C27H25BrFN7O3. The highest BCUT2D eigenvalue weighted by molar-refractivity contribution is 9.10. The number of hydrogen-bond donors (Lipinski definition) is 1. The number of amides is 2. The first kappa shape index (κ1) is 26.5. The average Bonchev–Trinajstić information content (AvgIpc) is 3.45. The molecule has 4 heterocycles. The molecule has 1 N–H and O–H groups in total. The third-order valence-electron chi connectivity index (χ3n) is 6.61. The molecule has 4 aromatic rings. The number of aryl methyl sites for hydroxylation is 2. The largest absolute Gasteiger partial charge is 0.326 e. The first-order valence-corrected chi connectivity index (χ1v) is 13.1. The molecule has 5 rings (SSSR count). The van der Waals surface area contributed by atoms with Crippen LogP contribution < -0.4 is 5.32 Å². The molecule has 0 radical (unpaired) electrons. The van der Waals surface area contributed by atoms with Crippen LogP contribution in [-0.2, 0) is 16.1 Å². The number of likely N-dealkylation sites (tertiary alicyclic amines) is 1. The summed E-state index contributed by atoms with van der Waals surface area (Å²) < 4.78 is 16.5. The Bertz CT molecular complexity index is 1610. The smallest absolute Gasteiger partial charge is 0.248 e. The molecule has 1 aliphatic rings. The van der Waals surface area contributed by atoms with Gasteiger partial charge in [0.2, 0.25) is 11.8 Å². The van der Waals surface area contributed by atoms with E-state index in [0.29, 0.717) is 27.1 Å². The molecule has 39 heavy (non-hydrogen) atoms. The van der Waals surface area contributed by atoms with E-state index in [0.717, 1.165) is 16.7 Å². The quantitative estimate of drug-likeness (QED) is 0.264. The fourth-order valence-corrected chi connectivity index (χ4v) is 5.17. The van der Waals surface area contributed by atoms with Gasteiger partial charge in [0, 0.05) is 36.7 Å². The van der Waals surface area contributed by atoms with E-state index in [1.54, 1.807) is 37.5 Å². The van der Waals surface area contributed by atoms with Gasteiger partial charge in [-0.15, -0.1) is 0 Å². The molecule has 1 aromatic carbocycles. The van der Waals surface area contributed by atoms with Gasteiger partial charge < -0.3 is 10.2 Å². The van der Waals surface area contributed by atoms with Gasteiger partial charge >= 0.3 is 0 Å². The van der Waals surface area contributed by atoms with Crippen LogP contribution in [-0.4, -0.2) is 66.0 Å². The Morgan fingerprint density at radius 2 is 1.87 bits per heavy atom. The van der Waals surface area contributed by atoms with Crippen molar-refractivity contribution in [1.82, 2.24) is 29.6 Å². The van der Waals surface area contributed by atoms with Crippen LogP contribution in [0.2, 0.25) is 0 Å². The number of halogens is 2. The van der Waals surface area contributed by atoms with E-state index in [1.165, 1.54) is 16.5 Å². The van der Waals surface area contributed by atoms with Gasteiger partial charge in [0.25, 0.3) is 0 Å². The minimum atomic E-state index is -1.34. The summed E-state index contributed by atoms with van der Waals surface area (Å²) in [6, 6.07) is 7.76. The van der Waals surface area contributed by atoms with Crippen LogP contribution in [0, 0.1) is 13.8 Å². The number of rotatable bonds is 6. The van der Waals surface area contributed by atoms with E-state index < -0.39 is 24.0 Å². The van der Waals surface area contributed by atoms with Crippen molar-refractivity contribution in [3.8, 4) is 11.1 Å². The average molecular weight is 594 g/mol. The SMILES string of the molecule is CC(=O)c1nn(CC(=O)N2C[C@H](F)C[C@H]2C(=O)Nc2cccc(Br)n2)c2c(C)cc(-c3cnc(C)nc3)cc12. The first-order valence-electron chi connectivity index (χ1n) is 12.3. The molecule has 0 aliphatic carbocycles. The number of anilines is 1. The number of pyridine rings is 1. The fourth-order valence-electron chi connectivity index (χ4n) is 4.83. The van der Waals surface area contributed by atoms with Crippen molar-refractivity contribution in [2.75, 3.05) is 11.9 Å². The molecule has 200 valence electrons. The standard InChI is InChI=1S/C27H25BrFN7O3/c1-14-7-17(18-10-30-16(3)31-11-18)8-20-25(15(2)37)34-36(26(14)20)13-24(38)35-12-19(29)9-21(35)27(39)33-23-6-4-5-22(28)32-23/h4-8,10-11,19,21H,9,12-13H2,1-3H3,(H,32,33,39)/t19-,21+/m1/s1. The predicted octanol–water partition coefficient (Wildman–Crippen LogP) is 4.05. The van der Waals surface area contributed by atoms with Crippen LogP contribution in [0.25, 0.3) is 22.0 Å². The second kappa shape index (κ2) is 10.6. The maximum Gasteiger partial charge on any atom is 0.248 e. The number of aromatic nitrogens is 5. The Morgan fingerprint density at radius 3 is 2.56 bits per heavy atom. The number of alkyl halides is 1. The molecule has 0 spiro atoms. The molecule has 12 heteroatoms.